The average molecular weight is 545 g/mol. The molecule has 0 saturated carbocycles. The van der Waals surface area contributed by atoms with E-state index in [4.69, 9.17) is 10.5 Å². The Labute approximate surface area is 171 Å². The van der Waals surface area contributed by atoms with Gasteiger partial charge in [0.1, 0.15) is 0 Å². The maximum Gasteiger partial charge on any atom is 2.00 e. The van der Waals surface area contributed by atoms with Crippen molar-refractivity contribution in [3.63, 3.8) is 0 Å². The summed E-state index contributed by atoms with van der Waals surface area (Å²) < 4.78 is 0. The number of rotatable bonds is 2. The summed E-state index contributed by atoms with van der Waals surface area (Å²) in [5.41, 5.74) is 3.62. The molecule has 0 aliphatic heterocycles. The van der Waals surface area contributed by atoms with E-state index in [0.29, 0.717) is 0 Å². The van der Waals surface area contributed by atoms with Crippen molar-refractivity contribution >= 4 is 25.3 Å². The topological polar surface area (TPSA) is 86.2 Å². The molecule has 25 heavy (non-hydrogen) atoms. The Morgan fingerprint density at radius 1 is 0.680 bits per heavy atom. The van der Waals surface area contributed by atoms with Crippen molar-refractivity contribution in [2.75, 3.05) is 0 Å². The van der Waals surface area contributed by atoms with Crippen molar-refractivity contribution in [2.45, 2.75) is 0 Å². The molecule has 0 amide bonds. The maximum absolute atomic E-state index is 7.13. The molecular formula is C17H11N5PtS2. The molecule has 0 radical (unpaired) electrons. The van der Waals surface area contributed by atoms with Gasteiger partial charge in [-0.05, 0) is 36.4 Å². The van der Waals surface area contributed by atoms with E-state index < -0.39 is 0 Å². The van der Waals surface area contributed by atoms with Gasteiger partial charge in [-0.3, -0.25) is 15.0 Å². The molecule has 126 valence electrons. The zero-order valence-corrected chi connectivity index (χ0v) is 16.6. The molecule has 0 unspecified atom stereocenters. The number of hydrogen-bond acceptors (Lipinski definition) is 7. The van der Waals surface area contributed by atoms with Crippen LogP contribution in [0.2, 0.25) is 0 Å². The van der Waals surface area contributed by atoms with Crippen molar-refractivity contribution in [3.05, 3.63) is 67.1 Å². The molecule has 0 saturated heterocycles. The van der Waals surface area contributed by atoms with Gasteiger partial charge in [0, 0.05) is 24.2 Å². The predicted octanol–water partition coefficient (Wildman–Crippen LogP) is 3.23. The van der Waals surface area contributed by atoms with Crippen molar-refractivity contribution < 1.29 is 21.1 Å². The van der Waals surface area contributed by atoms with Gasteiger partial charge in [-0.25, -0.2) is 10.5 Å². The molecule has 0 aliphatic rings. The molecule has 0 aromatic carbocycles. The van der Waals surface area contributed by atoms with Gasteiger partial charge < -0.3 is 25.3 Å². The standard InChI is InChI=1S/C15H11N3.2CHNS.Pt/c1-3-9-16-13(7-1)12-6-5-11-18-15(12)14-8-2-4-10-17-14;2*2-1-3;/h1-11H;2*3H;/q;;;+2/p-2. The third-order valence-corrected chi connectivity index (χ3v) is 2.66. The third-order valence-electron chi connectivity index (χ3n) is 2.66. The number of thiocyanates is 2. The number of nitrogens with zero attached hydrogens (tertiary/aromatic N) is 5. The fraction of sp³-hybridized carbons (Fsp3) is 0. The molecule has 0 aliphatic carbocycles. The molecule has 3 aromatic heterocycles. The third kappa shape index (κ3) is 7.78. The number of pyridine rings is 3. The molecule has 0 fully saturated rings. The molecule has 0 bridgehead atoms. The summed E-state index contributed by atoms with van der Waals surface area (Å²) in [6, 6.07) is 15.6. The van der Waals surface area contributed by atoms with E-state index in [9.17, 15) is 0 Å². The first-order chi connectivity index (χ1) is 11.8. The Hall–Kier alpha value is -2.44. The first-order valence-electron chi connectivity index (χ1n) is 6.58. The monoisotopic (exact) mass is 544 g/mol. The van der Waals surface area contributed by atoms with Crippen molar-refractivity contribution in [2.24, 2.45) is 0 Å². The van der Waals surface area contributed by atoms with Crippen molar-refractivity contribution in [3.8, 4) is 33.4 Å². The first-order valence-corrected chi connectivity index (χ1v) is 7.40. The molecule has 0 spiro atoms. The Morgan fingerprint density at radius 3 is 1.64 bits per heavy atom. The summed E-state index contributed by atoms with van der Waals surface area (Å²) in [4.78, 5) is 13.1. The van der Waals surface area contributed by atoms with Crippen LogP contribution in [0, 0.1) is 21.3 Å². The minimum atomic E-state index is 0. The van der Waals surface area contributed by atoms with Gasteiger partial charge in [0.2, 0.25) is 0 Å². The van der Waals surface area contributed by atoms with E-state index in [1.54, 1.807) is 18.6 Å². The Kier molecular flexibility index (Phi) is 12.6. The van der Waals surface area contributed by atoms with E-state index in [1.165, 1.54) is 10.8 Å². The second-order valence-electron chi connectivity index (χ2n) is 4.01. The normalized spacial score (nSPS) is 7.92. The van der Waals surface area contributed by atoms with Crippen LogP contribution in [-0.2, 0) is 46.3 Å². The fourth-order valence-corrected chi connectivity index (χ4v) is 1.84. The van der Waals surface area contributed by atoms with Crippen LogP contribution >= 0.6 is 0 Å². The molecule has 0 N–H and O–H groups in total. The fourth-order valence-electron chi connectivity index (χ4n) is 1.84. The quantitative estimate of drug-likeness (QED) is 0.362. The summed E-state index contributed by atoms with van der Waals surface area (Å²) >= 11 is 7.40. The van der Waals surface area contributed by atoms with Crippen LogP contribution in [0.15, 0.2) is 67.1 Å². The minimum absolute atomic E-state index is 0. The zero-order chi connectivity index (χ0) is 17.6. The predicted molar refractivity (Wildman–Crippen MR) is 96.7 cm³/mol. The summed E-state index contributed by atoms with van der Waals surface area (Å²) in [6.45, 7) is 0. The van der Waals surface area contributed by atoms with Crippen molar-refractivity contribution in [1.29, 1.82) is 10.5 Å². The molecule has 3 heterocycles. The van der Waals surface area contributed by atoms with Gasteiger partial charge in [0.25, 0.3) is 0 Å². The van der Waals surface area contributed by atoms with Gasteiger partial charge in [-0.1, -0.05) is 22.9 Å². The van der Waals surface area contributed by atoms with E-state index in [1.807, 2.05) is 48.5 Å². The molecule has 0 atom stereocenters. The smallest absolute Gasteiger partial charge is 0.696 e. The number of hydrogen-bond donors (Lipinski definition) is 0. The van der Waals surface area contributed by atoms with E-state index in [2.05, 4.69) is 40.2 Å². The molecule has 3 aromatic rings. The van der Waals surface area contributed by atoms with E-state index in [-0.39, 0.29) is 21.1 Å². The first kappa shape index (κ1) is 22.6. The summed E-state index contributed by atoms with van der Waals surface area (Å²) in [5, 5.41) is 16.9. The van der Waals surface area contributed by atoms with Crippen LogP contribution in [-0.4, -0.2) is 15.0 Å². The summed E-state index contributed by atoms with van der Waals surface area (Å²) in [7, 11) is 0. The average Bonchev–Trinajstić information content (AvgIpc) is 2.65. The summed E-state index contributed by atoms with van der Waals surface area (Å²) in [5.74, 6) is 0. The minimum Gasteiger partial charge on any atom is -0.696 e. The number of aromatic nitrogens is 3. The Balaban J connectivity index is 0.000000729. The van der Waals surface area contributed by atoms with Crippen LogP contribution in [0.4, 0.5) is 0 Å². The second-order valence-corrected chi connectivity index (χ2v) is 4.38. The Bertz CT molecular complexity index is 747. The van der Waals surface area contributed by atoms with Gasteiger partial charge in [0.15, 0.2) is 0 Å². The van der Waals surface area contributed by atoms with Crippen LogP contribution in [0.3, 0.4) is 0 Å². The Morgan fingerprint density at radius 2 is 1.16 bits per heavy atom. The van der Waals surface area contributed by atoms with Gasteiger partial charge in [-0.2, -0.15) is 0 Å². The SMILES string of the molecule is N#C[S-].N#C[S-].[Pt+2].c1ccc(-c2cccnc2-c2ccccn2)nc1. The zero-order valence-electron chi connectivity index (χ0n) is 12.7. The van der Waals surface area contributed by atoms with Crippen molar-refractivity contribution in [1.82, 2.24) is 15.0 Å². The molecule has 8 heteroatoms. The maximum atomic E-state index is 7.13. The van der Waals surface area contributed by atoms with E-state index in [0.717, 1.165) is 22.6 Å². The van der Waals surface area contributed by atoms with Crippen LogP contribution in [0.1, 0.15) is 0 Å². The van der Waals surface area contributed by atoms with Crippen LogP contribution < -0.4 is 0 Å². The molecule has 5 nitrogen and oxygen atoms in total. The summed E-state index contributed by atoms with van der Waals surface area (Å²) in [6.07, 6.45) is 5.33. The number of nitriles is 2. The van der Waals surface area contributed by atoms with Gasteiger partial charge in [0.05, 0.1) is 17.1 Å². The molecular weight excluding hydrogens is 533 g/mol. The largest absolute Gasteiger partial charge is 2.00 e. The van der Waals surface area contributed by atoms with Crippen LogP contribution in [0.25, 0.3) is 22.6 Å². The van der Waals surface area contributed by atoms with Gasteiger partial charge >= 0.3 is 21.1 Å². The van der Waals surface area contributed by atoms with Gasteiger partial charge in [-0.15, -0.1) is 0 Å². The second kappa shape index (κ2) is 13.9. The van der Waals surface area contributed by atoms with E-state index >= 15 is 0 Å². The molecule has 3 rings (SSSR count). The van der Waals surface area contributed by atoms with Crippen LogP contribution in [0.5, 0.6) is 0 Å².